The molecule has 200 valence electrons. The van der Waals surface area contributed by atoms with Crippen LogP contribution in [0.5, 0.6) is 5.75 Å². The Morgan fingerprint density at radius 1 is 0.947 bits per heavy atom. The molecule has 3 aromatic rings. The van der Waals surface area contributed by atoms with E-state index in [1.54, 1.807) is 17.0 Å². The summed E-state index contributed by atoms with van der Waals surface area (Å²) in [7, 11) is 0. The second-order valence-electron chi connectivity index (χ2n) is 10.1. The number of hydrogen-bond acceptors (Lipinski definition) is 3. The Labute approximate surface area is 225 Å². The zero-order valence-electron chi connectivity index (χ0n) is 22.1. The summed E-state index contributed by atoms with van der Waals surface area (Å²) in [4.78, 5) is 29.0. The summed E-state index contributed by atoms with van der Waals surface area (Å²) in [6.45, 7) is 2.65. The lowest BCUT2D eigenvalue weighted by Crippen LogP contribution is -2.52. The highest BCUT2D eigenvalue weighted by Gasteiger charge is 2.32. The average Bonchev–Trinajstić information content (AvgIpc) is 3.44. The maximum atomic E-state index is 13.7. The molecule has 3 aromatic carbocycles. The van der Waals surface area contributed by atoms with Crippen molar-refractivity contribution in [3.05, 3.63) is 101 Å². The predicted octanol–water partition coefficient (Wildman–Crippen LogP) is 5.99. The zero-order valence-corrected chi connectivity index (χ0v) is 22.1. The minimum absolute atomic E-state index is 0.121. The van der Waals surface area contributed by atoms with E-state index in [0.717, 1.165) is 48.1 Å². The zero-order chi connectivity index (χ0) is 26.7. The minimum atomic E-state index is -0.673. The quantitative estimate of drug-likeness (QED) is 0.301. The number of nitrogens with zero attached hydrogens (tertiary/aromatic N) is 1. The third kappa shape index (κ3) is 8.17. The number of hydrogen-bond donors (Lipinski definition) is 1. The molecule has 0 unspecified atom stereocenters. The monoisotopic (exact) mass is 516 g/mol. The van der Waals surface area contributed by atoms with Gasteiger partial charge in [0.15, 0.2) is 0 Å². The van der Waals surface area contributed by atoms with Gasteiger partial charge in [0.25, 0.3) is 0 Å². The van der Waals surface area contributed by atoms with Crippen LogP contribution in [0.15, 0.2) is 78.9 Å². The van der Waals surface area contributed by atoms with Crippen molar-refractivity contribution in [3.63, 3.8) is 0 Å². The van der Waals surface area contributed by atoms with Gasteiger partial charge >= 0.3 is 0 Å². The summed E-state index contributed by atoms with van der Waals surface area (Å²) in [5.74, 6) is 0.181. The molecule has 1 saturated carbocycles. The predicted molar refractivity (Wildman–Crippen MR) is 147 cm³/mol. The van der Waals surface area contributed by atoms with E-state index in [2.05, 4.69) is 5.32 Å². The SMILES string of the molecule is Cc1ccc(OCCCC(=O)N(Cc2ccc(F)cc2)[C@H](Cc2ccccc2)C(=O)NC2CCCC2)cc1. The number of aryl methyl sites for hydroxylation is 1. The molecule has 1 N–H and O–H groups in total. The fourth-order valence-electron chi connectivity index (χ4n) is 4.90. The van der Waals surface area contributed by atoms with Gasteiger partial charge in [0.05, 0.1) is 6.61 Å². The van der Waals surface area contributed by atoms with E-state index in [9.17, 15) is 14.0 Å². The Hall–Kier alpha value is -3.67. The molecular formula is C32H37FN2O3. The molecule has 4 rings (SSSR count). The molecule has 0 spiro atoms. The van der Waals surface area contributed by atoms with Gasteiger partial charge in [-0.15, -0.1) is 0 Å². The highest BCUT2D eigenvalue weighted by atomic mass is 19.1. The summed E-state index contributed by atoms with van der Waals surface area (Å²) in [5, 5.41) is 3.21. The van der Waals surface area contributed by atoms with Gasteiger partial charge < -0.3 is 15.0 Å². The lowest BCUT2D eigenvalue weighted by atomic mass is 10.0. The Morgan fingerprint density at radius 2 is 1.63 bits per heavy atom. The summed E-state index contributed by atoms with van der Waals surface area (Å²) >= 11 is 0. The number of amides is 2. The van der Waals surface area contributed by atoms with Crippen molar-refractivity contribution in [2.24, 2.45) is 0 Å². The van der Waals surface area contributed by atoms with Crippen LogP contribution in [0, 0.1) is 12.7 Å². The third-order valence-electron chi connectivity index (χ3n) is 7.06. The van der Waals surface area contributed by atoms with Gasteiger partial charge in [-0.1, -0.05) is 73.0 Å². The van der Waals surface area contributed by atoms with Gasteiger partial charge in [0.1, 0.15) is 17.6 Å². The van der Waals surface area contributed by atoms with Crippen LogP contribution in [0.25, 0.3) is 0 Å². The molecule has 2 amide bonds. The molecule has 5 nitrogen and oxygen atoms in total. The highest BCUT2D eigenvalue weighted by molar-refractivity contribution is 5.88. The van der Waals surface area contributed by atoms with Crippen LogP contribution >= 0.6 is 0 Å². The van der Waals surface area contributed by atoms with Gasteiger partial charge in [-0.25, -0.2) is 4.39 Å². The van der Waals surface area contributed by atoms with Crippen LogP contribution in [0.4, 0.5) is 4.39 Å². The Kier molecular flexibility index (Phi) is 9.90. The van der Waals surface area contributed by atoms with E-state index in [-0.39, 0.29) is 36.6 Å². The third-order valence-corrected chi connectivity index (χ3v) is 7.06. The van der Waals surface area contributed by atoms with Crippen LogP contribution in [0.1, 0.15) is 55.2 Å². The highest BCUT2D eigenvalue weighted by Crippen LogP contribution is 2.21. The van der Waals surface area contributed by atoms with Crippen LogP contribution in [-0.4, -0.2) is 35.4 Å². The van der Waals surface area contributed by atoms with Crippen LogP contribution < -0.4 is 10.1 Å². The molecule has 1 fully saturated rings. The van der Waals surface area contributed by atoms with E-state index in [4.69, 9.17) is 4.74 Å². The molecule has 0 radical (unpaired) electrons. The molecule has 1 aliphatic rings. The van der Waals surface area contributed by atoms with Crippen molar-refractivity contribution in [3.8, 4) is 5.75 Å². The molecule has 6 heteroatoms. The van der Waals surface area contributed by atoms with Crippen molar-refractivity contribution >= 4 is 11.8 Å². The Morgan fingerprint density at radius 3 is 2.32 bits per heavy atom. The molecule has 38 heavy (non-hydrogen) atoms. The molecule has 0 heterocycles. The number of carbonyl (C=O) groups is 2. The van der Waals surface area contributed by atoms with Gasteiger partial charge in [-0.05, 0) is 61.6 Å². The molecule has 0 aromatic heterocycles. The minimum Gasteiger partial charge on any atom is -0.494 e. The molecule has 1 atom stereocenters. The standard InChI is InChI=1S/C32H37FN2O3/c1-24-13-19-29(20-14-24)38-21-7-12-31(36)35(23-26-15-17-27(33)18-16-26)30(22-25-8-3-2-4-9-25)32(37)34-28-10-5-6-11-28/h2-4,8-9,13-20,28,30H,5-7,10-12,21-23H2,1H3,(H,34,37)/t30-/m1/s1. The maximum Gasteiger partial charge on any atom is 0.243 e. The number of nitrogens with one attached hydrogen (secondary N) is 1. The maximum absolute atomic E-state index is 13.7. The average molecular weight is 517 g/mol. The first kappa shape index (κ1) is 27.4. The molecular weight excluding hydrogens is 479 g/mol. The Bertz CT molecular complexity index is 1160. The number of benzene rings is 3. The summed E-state index contributed by atoms with van der Waals surface area (Å²) in [6.07, 6.45) is 5.31. The van der Waals surface area contributed by atoms with Gasteiger partial charge in [0, 0.05) is 25.4 Å². The first-order valence-corrected chi connectivity index (χ1v) is 13.6. The van der Waals surface area contributed by atoms with Crippen molar-refractivity contribution in [2.45, 2.75) is 70.5 Å². The second-order valence-corrected chi connectivity index (χ2v) is 10.1. The van der Waals surface area contributed by atoms with Crippen molar-refractivity contribution < 1.29 is 18.7 Å². The molecule has 1 aliphatic carbocycles. The van der Waals surface area contributed by atoms with Gasteiger partial charge in [0.2, 0.25) is 11.8 Å². The van der Waals surface area contributed by atoms with Gasteiger partial charge in [-0.2, -0.15) is 0 Å². The van der Waals surface area contributed by atoms with Gasteiger partial charge in [-0.3, -0.25) is 9.59 Å². The first-order valence-electron chi connectivity index (χ1n) is 13.6. The number of carbonyl (C=O) groups excluding carboxylic acids is 2. The van der Waals surface area contributed by atoms with Crippen molar-refractivity contribution in [2.75, 3.05) is 6.61 Å². The van der Waals surface area contributed by atoms with E-state index in [0.29, 0.717) is 19.4 Å². The van der Waals surface area contributed by atoms with Crippen LogP contribution in [0.2, 0.25) is 0 Å². The van der Waals surface area contributed by atoms with Crippen LogP contribution in [-0.2, 0) is 22.6 Å². The summed E-state index contributed by atoms with van der Waals surface area (Å²) < 4.78 is 19.4. The van der Waals surface area contributed by atoms with E-state index in [1.165, 1.54) is 12.1 Å². The normalized spacial score (nSPS) is 14.2. The van der Waals surface area contributed by atoms with Crippen molar-refractivity contribution in [1.29, 1.82) is 0 Å². The summed E-state index contributed by atoms with van der Waals surface area (Å²) in [5.41, 5.74) is 2.92. The first-order chi connectivity index (χ1) is 18.5. The van der Waals surface area contributed by atoms with E-state index >= 15 is 0 Å². The van der Waals surface area contributed by atoms with E-state index in [1.807, 2.05) is 61.5 Å². The number of halogens is 1. The molecule has 0 bridgehead atoms. The van der Waals surface area contributed by atoms with Crippen LogP contribution in [0.3, 0.4) is 0 Å². The number of ether oxygens (including phenoxy) is 1. The fourth-order valence-corrected chi connectivity index (χ4v) is 4.90. The largest absolute Gasteiger partial charge is 0.494 e. The molecule has 0 aliphatic heterocycles. The van der Waals surface area contributed by atoms with Crippen molar-refractivity contribution in [1.82, 2.24) is 10.2 Å². The fraction of sp³-hybridized carbons (Fsp3) is 0.375. The number of rotatable bonds is 12. The lowest BCUT2D eigenvalue weighted by molar-refractivity contribution is -0.141. The smallest absolute Gasteiger partial charge is 0.243 e. The lowest BCUT2D eigenvalue weighted by Gasteiger charge is -2.32. The second kappa shape index (κ2) is 13.8. The topological polar surface area (TPSA) is 58.6 Å². The molecule has 0 saturated heterocycles. The summed E-state index contributed by atoms with van der Waals surface area (Å²) in [6, 6.07) is 23.2. The Balaban J connectivity index is 1.50. The van der Waals surface area contributed by atoms with E-state index < -0.39 is 6.04 Å².